The molecule has 0 unspecified atom stereocenters. The average molecular weight is 357 g/mol. The first-order valence-electron chi connectivity index (χ1n) is 8.05. The van der Waals surface area contributed by atoms with Crippen LogP contribution in [0.15, 0.2) is 42.5 Å². The largest absolute Gasteiger partial charge is 0.508 e. The van der Waals surface area contributed by atoms with Gasteiger partial charge in [-0.2, -0.15) is 5.26 Å². The van der Waals surface area contributed by atoms with Gasteiger partial charge in [0.05, 0.1) is 11.6 Å². The fourth-order valence-electron chi connectivity index (χ4n) is 2.84. The third-order valence-electron chi connectivity index (χ3n) is 4.28. The van der Waals surface area contributed by atoms with E-state index in [1.54, 1.807) is 45.6 Å². The molecule has 0 saturated carbocycles. The van der Waals surface area contributed by atoms with E-state index in [1.165, 1.54) is 0 Å². The number of rotatable bonds is 8. The normalized spacial score (nSPS) is 11.3. The van der Waals surface area contributed by atoms with Gasteiger partial charge in [-0.3, -0.25) is 0 Å². The van der Waals surface area contributed by atoms with Gasteiger partial charge >= 0.3 is 8.80 Å². The van der Waals surface area contributed by atoms with Gasteiger partial charge in [0.2, 0.25) is 0 Å². The van der Waals surface area contributed by atoms with Crippen LogP contribution in [-0.2, 0) is 19.7 Å². The van der Waals surface area contributed by atoms with E-state index in [-0.39, 0.29) is 5.75 Å². The number of phenols is 1. The molecule has 0 aliphatic carbocycles. The average Bonchev–Trinajstić information content (AvgIpc) is 2.66. The standard InChI is InChI=1S/C19H23NO4Si/c1-22-25(23-2,24-3)12-4-5-17-13-18(21)10-11-19(17)16-8-6-15(14-20)7-9-16/h6-11,13,21H,4-5,12H2,1-3H3. The second-order valence-electron chi connectivity index (χ2n) is 5.68. The zero-order valence-corrected chi connectivity index (χ0v) is 15.8. The third-order valence-corrected chi connectivity index (χ3v) is 7.11. The highest BCUT2D eigenvalue weighted by atomic mass is 28.4. The van der Waals surface area contributed by atoms with Gasteiger partial charge in [-0.05, 0) is 53.8 Å². The lowest BCUT2D eigenvalue weighted by Crippen LogP contribution is -2.42. The molecule has 25 heavy (non-hydrogen) atoms. The molecule has 0 spiro atoms. The monoisotopic (exact) mass is 357 g/mol. The molecule has 0 saturated heterocycles. The minimum Gasteiger partial charge on any atom is -0.508 e. The maximum absolute atomic E-state index is 9.86. The van der Waals surface area contributed by atoms with Gasteiger partial charge in [-0.25, -0.2) is 0 Å². The summed E-state index contributed by atoms with van der Waals surface area (Å²) in [7, 11) is 2.23. The molecule has 1 N–H and O–H groups in total. The van der Waals surface area contributed by atoms with Gasteiger partial charge in [-0.1, -0.05) is 18.2 Å². The number of aryl methyl sites for hydroxylation is 1. The summed E-state index contributed by atoms with van der Waals surface area (Å²) in [5.74, 6) is 0.237. The topological polar surface area (TPSA) is 71.7 Å². The van der Waals surface area contributed by atoms with E-state index < -0.39 is 8.80 Å². The maximum atomic E-state index is 9.86. The fraction of sp³-hybridized carbons (Fsp3) is 0.316. The summed E-state index contributed by atoms with van der Waals surface area (Å²) >= 11 is 0. The molecule has 0 aliphatic rings. The van der Waals surface area contributed by atoms with E-state index in [0.717, 1.165) is 29.5 Å². The molecule has 0 aliphatic heterocycles. The minimum atomic E-state index is -2.59. The Labute approximate surface area is 149 Å². The van der Waals surface area contributed by atoms with Crippen LogP contribution in [0.4, 0.5) is 0 Å². The predicted octanol–water partition coefficient (Wildman–Crippen LogP) is 3.74. The first-order valence-corrected chi connectivity index (χ1v) is 9.98. The molecule has 0 aromatic heterocycles. The summed E-state index contributed by atoms with van der Waals surface area (Å²) in [6.45, 7) is 0. The Morgan fingerprint density at radius 1 is 1.00 bits per heavy atom. The summed E-state index contributed by atoms with van der Waals surface area (Å²) < 4.78 is 16.4. The van der Waals surface area contributed by atoms with E-state index in [4.69, 9.17) is 18.5 Å². The SMILES string of the molecule is CO[Si](CCCc1cc(O)ccc1-c1ccc(C#N)cc1)(OC)OC. The van der Waals surface area contributed by atoms with Gasteiger partial charge in [0.1, 0.15) is 5.75 Å². The summed E-state index contributed by atoms with van der Waals surface area (Å²) in [4.78, 5) is 0. The van der Waals surface area contributed by atoms with Crippen molar-refractivity contribution in [3.05, 3.63) is 53.6 Å². The summed E-state index contributed by atoms with van der Waals surface area (Å²) in [5.41, 5.74) is 3.72. The van der Waals surface area contributed by atoms with E-state index in [2.05, 4.69) is 6.07 Å². The van der Waals surface area contributed by atoms with Gasteiger partial charge in [0, 0.05) is 27.4 Å². The molecule has 0 fully saturated rings. The molecule has 6 heteroatoms. The van der Waals surface area contributed by atoms with E-state index >= 15 is 0 Å². The van der Waals surface area contributed by atoms with Crippen molar-refractivity contribution in [3.63, 3.8) is 0 Å². The van der Waals surface area contributed by atoms with Crippen LogP contribution in [0, 0.1) is 11.3 Å². The van der Waals surface area contributed by atoms with Gasteiger partial charge in [0.15, 0.2) is 0 Å². The van der Waals surface area contributed by atoms with E-state index in [1.807, 2.05) is 18.2 Å². The molecule has 0 atom stereocenters. The first kappa shape index (κ1) is 19.2. The Hall–Kier alpha value is -2.17. The number of hydrogen-bond acceptors (Lipinski definition) is 5. The van der Waals surface area contributed by atoms with Crippen LogP contribution in [0.25, 0.3) is 11.1 Å². The lowest BCUT2D eigenvalue weighted by molar-refractivity contribution is 0.123. The quantitative estimate of drug-likeness (QED) is 0.729. The van der Waals surface area contributed by atoms with E-state index in [0.29, 0.717) is 11.6 Å². The van der Waals surface area contributed by atoms with Crippen LogP contribution in [0.3, 0.4) is 0 Å². The third kappa shape index (κ3) is 4.68. The van der Waals surface area contributed by atoms with Crippen LogP contribution >= 0.6 is 0 Å². The Balaban J connectivity index is 2.20. The molecule has 5 nitrogen and oxygen atoms in total. The molecule has 2 rings (SSSR count). The summed E-state index contributed by atoms with van der Waals surface area (Å²) in [6, 6.07) is 15.6. The Morgan fingerprint density at radius 2 is 1.64 bits per heavy atom. The van der Waals surface area contributed by atoms with Crippen molar-refractivity contribution in [2.24, 2.45) is 0 Å². The van der Waals surface area contributed by atoms with Crippen molar-refractivity contribution in [1.82, 2.24) is 0 Å². The lowest BCUT2D eigenvalue weighted by Gasteiger charge is -2.24. The Morgan fingerprint density at radius 3 is 2.20 bits per heavy atom. The van der Waals surface area contributed by atoms with Crippen molar-refractivity contribution in [3.8, 4) is 22.9 Å². The first-order chi connectivity index (χ1) is 12.1. The van der Waals surface area contributed by atoms with Crippen molar-refractivity contribution in [1.29, 1.82) is 5.26 Å². The van der Waals surface area contributed by atoms with Gasteiger partial charge in [-0.15, -0.1) is 0 Å². The summed E-state index contributed by atoms with van der Waals surface area (Å²) in [6.07, 6.45) is 1.57. The molecule has 0 heterocycles. The molecule has 0 bridgehead atoms. The fourth-order valence-corrected chi connectivity index (χ4v) is 4.57. The van der Waals surface area contributed by atoms with Gasteiger partial charge in [0.25, 0.3) is 0 Å². The maximum Gasteiger partial charge on any atom is 0.500 e. The van der Waals surface area contributed by atoms with E-state index in [9.17, 15) is 5.11 Å². The Bertz CT molecular complexity index is 728. The Kier molecular flexibility index (Phi) is 6.73. The molecule has 0 radical (unpaired) electrons. The predicted molar refractivity (Wildman–Crippen MR) is 98.2 cm³/mol. The highest BCUT2D eigenvalue weighted by molar-refractivity contribution is 6.60. The number of benzene rings is 2. The van der Waals surface area contributed by atoms with Crippen LogP contribution in [0.5, 0.6) is 5.75 Å². The molecule has 2 aromatic rings. The minimum absolute atomic E-state index is 0.237. The smallest absolute Gasteiger partial charge is 0.500 e. The number of hydrogen-bond donors (Lipinski definition) is 1. The molecule has 2 aromatic carbocycles. The number of aromatic hydroxyl groups is 1. The zero-order valence-electron chi connectivity index (χ0n) is 14.8. The molecular formula is C19H23NO4Si. The molecule has 0 amide bonds. The van der Waals surface area contributed by atoms with Crippen LogP contribution in [-0.4, -0.2) is 35.2 Å². The van der Waals surface area contributed by atoms with Crippen LogP contribution in [0.1, 0.15) is 17.5 Å². The summed E-state index contributed by atoms with van der Waals surface area (Å²) in [5, 5.41) is 18.8. The van der Waals surface area contributed by atoms with Crippen molar-refractivity contribution < 1.29 is 18.4 Å². The van der Waals surface area contributed by atoms with Crippen LogP contribution in [0.2, 0.25) is 6.04 Å². The zero-order chi connectivity index (χ0) is 18.3. The number of phenolic OH excluding ortho intramolecular Hbond substituents is 1. The van der Waals surface area contributed by atoms with Crippen molar-refractivity contribution in [2.45, 2.75) is 18.9 Å². The second kappa shape index (κ2) is 8.79. The van der Waals surface area contributed by atoms with Crippen molar-refractivity contribution in [2.75, 3.05) is 21.3 Å². The molecule has 132 valence electrons. The number of nitrogens with zero attached hydrogens (tertiary/aromatic N) is 1. The highest BCUT2D eigenvalue weighted by Gasteiger charge is 2.36. The highest BCUT2D eigenvalue weighted by Crippen LogP contribution is 2.29. The number of nitriles is 1. The van der Waals surface area contributed by atoms with Gasteiger partial charge < -0.3 is 18.4 Å². The van der Waals surface area contributed by atoms with Crippen LogP contribution < -0.4 is 0 Å². The molecular weight excluding hydrogens is 334 g/mol. The second-order valence-corrected chi connectivity index (χ2v) is 8.77. The lowest BCUT2D eigenvalue weighted by atomic mass is 9.96. The van der Waals surface area contributed by atoms with Crippen molar-refractivity contribution >= 4 is 8.80 Å².